The van der Waals surface area contributed by atoms with Crippen LogP contribution in [0.1, 0.15) is 19.8 Å². The summed E-state index contributed by atoms with van der Waals surface area (Å²) in [6, 6.07) is 3.67. The van der Waals surface area contributed by atoms with Crippen LogP contribution in [0.15, 0.2) is 27.6 Å². The lowest BCUT2D eigenvalue weighted by Crippen LogP contribution is -2.26. The molecule has 0 amide bonds. The number of carboxylic acids is 1. The molecule has 1 atom stereocenters. The predicted octanol–water partition coefficient (Wildman–Crippen LogP) is 2.37. The summed E-state index contributed by atoms with van der Waals surface area (Å²) in [6.45, 7) is 1.61. The van der Waals surface area contributed by atoms with Crippen LogP contribution in [0.25, 0.3) is 0 Å². The summed E-state index contributed by atoms with van der Waals surface area (Å²) in [7, 11) is -3.92. The fourth-order valence-electron chi connectivity index (χ4n) is 1.51. The zero-order valence-electron chi connectivity index (χ0n) is 10.8. The first-order valence-electron chi connectivity index (χ1n) is 5.91. The maximum Gasteiger partial charge on any atom is 0.306 e. The molecule has 0 aromatic heterocycles. The molecule has 8 heteroatoms. The minimum atomic E-state index is -3.92. The van der Waals surface area contributed by atoms with Crippen molar-refractivity contribution in [1.29, 1.82) is 0 Å². The highest BCUT2D eigenvalue weighted by Crippen LogP contribution is 2.19. The zero-order chi connectivity index (χ0) is 15.3. The SMILES string of the molecule is CC(CCCNS(=O)(=O)c1ccc(Br)cc1F)C(=O)O. The van der Waals surface area contributed by atoms with E-state index in [2.05, 4.69) is 20.7 Å². The van der Waals surface area contributed by atoms with E-state index in [1.54, 1.807) is 6.92 Å². The van der Waals surface area contributed by atoms with Crippen molar-refractivity contribution >= 4 is 31.9 Å². The van der Waals surface area contributed by atoms with Gasteiger partial charge in [0.2, 0.25) is 10.0 Å². The van der Waals surface area contributed by atoms with Crippen molar-refractivity contribution in [3.05, 3.63) is 28.5 Å². The molecular formula is C12H15BrFNO4S. The van der Waals surface area contributed by atoms with E-state index < -0.39 is 32.6 Å². The summed E-state index contributed by atoms with van der Waals surface area (Å²) < 4.78 is 40.0. The summed E-state index contributed by atoms with van der Waals surface area (Å²) >= 11 is 3.05. The Balaban J connectivity index is 2.60. The fraction of sp³-hybridized carbons (Fsp3) is 0.417. The summed E-state index contributed by atoms with van der Waals surface area (Å²) in [6.07, 6.45) is 0.714. The minimum Gasteiger partial charge on any atom is -0.481 e. The number of nitrogens with one attached hydrogen (secondary N) is 1. The average molecular weight is 368 g/mol. The molecule has 0 fully saturated rings. The van der Waals surface area contributed by atoms with E-state index in [1.807, 2.05) is 0 Å². The zero-order valence-corrected chi connectivity index (χ0v) is 13.2. The Morgan fingerprint density at radius 3 is 2.70 bits per heavy atom. The fourth-order valence-corrected chi connectivity index (χ4v) is 2.97. The average Bonchev–Trinajstić information content (AvgIpc) is 2.33. The standard InChI is InChI=1S/C12H15BrFNO4S/c1-8(12(16)17)3-2-6-15-20(18,19)11-5-4-9(13)7-10(11)14/h4-5,7-8,15H,2-3,6H2,1H3,(H,16,17). The maximum atomic E-state index is 13.6. The molecular weight excluding hydrogens is 353 g/mol. The molecule has 0 heterocycles. The van der Waals surface area contributed by atoms with Crippen LogP contribution >= 0.6 is 15.9 Å². The second kappa shape index (κ2) is 7.14. The summed E-state index contributed by atoms with van der Waals surface area (Å²) in [5, 5.41) is 8.69. The smallest absolute Gasteiger partial charge is 0.306 e. The molecule has 2 N–H and O–H groups in total. The summed E-state index contributed by atoms with van der Waals surface area (Å²) in [5.74, 6) is -2.30. The van der Waals surface area contributed by atoms with E-state index in [9.17, 15) is 17.6 Å². The van der Waals surface area contributed by atoms with Gasteiger partial charge in [0.15, 0.2) is 0 Å². The van der Waals surface area contributed by atoms with Crippen molar-refractivity contribution in [2.45, 2.75) is 24.7 Å². The summed E-state index contributed by atoms with van der Waals surface area (Å²) in [5.41, 5.74) is 0. The quantitative estimate of drug-likeness (QED) is 0.724. The number of halogens is 2. The molecule has 20 heavy (non-hydrogen) atoms. The van der Waals surface area contributed by atoms with Crippen LogP contribution in [-0.4, -0.2) is 26.0 Å². The Hall–Kier alpha value is -0.990. The molecule has 1 aromatic carbocycles. The molecule has 0 aliphatic heterocycles. The van der Waals surface area contributed by atoms with Crippen LogP contribution in [0.4, 0.5) is 4.39 Å². The first kappa shape index (κ1) is 17.1. The molecule has 0 aliphatic rings. The van der Waals surface area contributed by atoms with Gasteiger partial charge in [-0.1, -0.05) is 22.9 Å². The van der Waals surface area contributed by atoms with Crippen molar-refractivity contribution < 1.29 is 22.7 Å². The first-order chi connectivity index (χ1) is 9.24. The molecule has 5 nitrogen and oxygen atoms in total. The second-order valence-corrected chi connectivity index (χ2v) is 7.01. The Kier molecular flexibility index (Phi) is 6.09. The number of hydrogen-bond acceptors (Lipinski definition) is 3. The molecule has 112 valence electrons. The Labute approximate surface area is 125 Å². The third-order valence-corrected chi connectivity index (χ3v) is 4.70. The van der Waals surface area contributed by atoms with Gasteiger partial charge in [-0.05, 0) is 31.0 Å². The van der Waals surface area contributed by atoms with Gasteiger partial charge in [-0.15, -0.1) is 0 Å². The molecule has 1 unspecified atom stereocenters. The number of sulfonamides is 1. The lowest BCUT2D eigenvalue weighted by molar-refractivity contribution is -0.141. The number of hydrogen-bond donors (Lipinski definition) is 2. The van der Waals surface area contributed by atoms with Crippen LogP contribution in [0.2, 0.25) is 0 Å². The Morgan fingerprint density at radius 2 is 2.15 bits per heavy atom. The van der Waals surface area contributed by atoms with E-state index >= 15 is 0 Å². The van der Waals surface area contributed by atoms with Gasteiger partial charge in [0.25, 0.3) is 0 Å². The number of benzene rings is 1. The number of rotatable bonds is 7. The van der Waals surface area contributed by atoms with Crippen molar-refractivity contribution in [2.24, 2.45) is 5.92 Å². The molecule has 0 bridgehead atoms. The minimum absolute atomic E-state index is 0.0649. The Morgan fingerprint density at radius 1 is 1.50 bits per heavy atom. The van der Waals surface area contributed by atoms with Crippen molar-refractivity contribution in [1.82, 2.24) is 4.72 Å². The largest absolute Gasteiger partial charge is 0.481 e. The van der Waals surface area contributed by atoms with Gasteiger partial charge in [-0.25, -0.2) is 17.5 Å². The topological polar surface area (TPSA) is 83.5 Å². The molecule has 0 radical (unpaired) electrons. The van der Waals surface area contributed by atoms with Gasteiger partial charge in [0, 0.05) is 11.0 Å². The normalized spacial score (nSPS) is 13.2. The highest BCUT2D eigenvalue weighted by Gasteiger charge is 2.19. The van der Waals surface area contributed by atoms with E-state index in [4.69, 9.17) is 5.11 Å². The van der Waals surface area contributed by atoms with E-state index in [-0.39, 0.29) is 6.54 Å². The Bertz CT molecular complexity index is 591. The maximum absolute atomic E-state index is 13.6. The van der Waals surface area contributed by atoms with Crippen LogP contribution < -0.4 is 4.72 Å². The molecule has 1 aromatic rings. The van der Waals surface area contributed by atoms with Gasteiger partial charge >= 0.3 is 5.97 Å². The van der Waals surface area contributed by atoms with Crippen LogP contribution in [-0.2, 0) is 14.8 Å². The molecule has 0 spiro atoms. The van der Waals surface area contributed by atoms with Gasteiger partial charge in [0.1, 0.15) is 10.7 Å². The molecule has 0 saturated heterocycles. The first-order valence-corrected chi connectivity index (χ1v) is 8.19. The third kappa shape index (κ3) is 4.84. The van der Waals surface area contributed by atoms with Crippen LogP contribution in [0.5, 0.6) is 0 Å². The van der Waals surface area contributed by atoms with Crippen LogP contribution in [0, 0.1) is 11.7 Å². The van der Waals surface area contributed by atoms with E-state index in [0.717, 1.165) is 6.07 Å². The predicted molar refractivity (Wildman–Crippen MR) is 75.3 cm³/mol. The number of carbonyl (C=O) groups is 1. The highest BCUT2D eigenvalue weighted by atomic mass is 79.9. The number of carboxylic acid groups (broad SMARTS) is 1. The lowest BCUT2D eigenvalue weighted by atomic mass is 10.1. The van der Waals surface area contributed by atoms with Crippen molar-refractivity contribution in [3.8, 4) is 0 Å². The van der Waals surface area contributed by atoms with Crippen LogP contribution in [0.3, 0.4) is 0 Å². The summed E-state index contributed by atoms with van der Waals surface area (Å²) in [4.78, 5) is 10.2. The van der Waals surface area contributed by atoms with E-state index in [1.165, 1.54) is 12.1 Å². The van der Waals surface area contributed by atoms with Crippen molar-refractivity contribution in [3.63, 3.8) is 0 Å². The molecule has 0 saturated carbocycles. The monoisotopic (exact) mass is 367 g/mol. The highest BCUT2D eigenvalue weighted by molar-refractivity contribution is 9.10. The third-order valence-electron chi connectivity index (χ3n) is 2.71. The molecule has 0 aliphatic carbocycles. The van der Waals surface area contributed by atoms with E-state index in [0.29, 0.717) is 17.3 Å². The van der Waals surface area contributed by atoms with Crippen molar-refractivity contribution in [2.75, 3.05) is 6.54 Å². The lowest BCUT2D eigenvalue weighted by Gasteiger charge is -2.09. The molecule has 1 rings (SSSR count). The number of aliphatic carboxylic acids is 1. The van der Waals surface area contributed by atoms with Gasteiger partial charge in [0.05, 0.1) is 5.92 Å². The van der Waals surface area contributed by atoms with Gasteiger partial charge < -0.3 is 5.11 Å². The van der Waals surface area contributed by atoms with Gasteiger partial charge in [-0.3, -0.25) is 4.79 Å². The van der Waals surface area contributed by atoms with Gasteiger partial charge in [-0.2, -0.15) is 0 Å². The second-order valence-electron chi connectivity index (χ2n) is 4.35.